The molecule has 0 amide bonds. The summed E-state index contributed by atoms with van der Waals surface area (Å²) in [5, 5.41) is 5.48. The van der Waals surface area contributed by atoms with Crippen LogP contribution in [0.5, 0.6) is 0 Å². The summed E-state index contributed by atoms with van der Waals surface area (Å²) in [6.07, 6.45) is 0.350. The average Bonchev–Trinajstić information content (AvgIpc) is 2.98. The number of aryl methyl sites for hydroxylation is 1. The molecule has 0 saturated heterocycles. The van der Waals surface area contributed by atoms with Crippen LogP contribution in [-0.4, -0.2) is 13.1 Å². The minimum Gasteiger partial charge on any atom is -0.469 e. The molecule has 2 aromatic rings. The quantitative estimate of drug-likeness (QED) is 0.828. The summed E-state index contributed by atoms with van der Waals surface area (Å²) < 4.78 is 4.78. The average molecular weight is 289 g/mol. The van der Waals surface area contributed by atoms with Gasteiger partial charge in [0.1, 0.15) is 0 Å². The van der Waals surface area contributed by atoms with Gasteiger partial charge in [0.2, 0.25) is 0 Å². The van der Waals surface area contributed by atoms with Crippen LogP contribution in [0, 0.1) is 6.92 Å². The number of nitrogens with one attached hydrogen (secondary N) is 1. The highest BCUT2D eigenvalue weighted by molar-refractivity contribution is 7.10. The van der Waals surface area contributed by atoms with Crippen molar-refractivity contribution >= 4 is 17.3 Å². The molecule has 1 aromatic heterocycles. The first-order chi connectivity index (χ1) is 9.70. The monoisotopic (exact) mass is 289 g/mol. The Kier molecular flexibility index (Phi) is 5.32. The van der Waals surface area contributed by atoms with Crippen molar-refractivity contribution in [2.75, 3.05) is 7.11 Å². The number of rotatable bonds is 6. The molecule has 20 heavy (non-hydrogen) atoms. The van der Waals surface area contributed by atoms with Gasteiger partial charge in [-0.1, -0.05) is 30.3 Å². The number of benzene rings is 1. The third kappa shape index (κ3) is 3.92. The summed E-state index contributed by atoms with van der Waals surface area (Å²) in [6.45, 7) is 2.84. The standard InChI is InChI=1S/C16H19NO2S/c1-12-6-3-4-7-13(12)11-17-14(10-16(18)19-2)15-8-5-9-20-15/h3-9,14,17H,10-11H2,1-2H3. The van der Waals surface area contributed by atoms with Crippen molar-refractivity contribution in [1.82, 2.24) is 5.32 Å². The number of ether oxygens (including phenoxy) is 1. The van der Waals surface area contributed by atoms with Gasteiger partial charge in [-0.2, -0.15) is 0 Å². The lowest BCUT2D eigenvalue weighted by Crippen LogP contribution is -2.23. The number of methoxy groups -OCH3 is 1. The molecule has 1 unspecified atom stereocenters. The SMILES string of the molecule is COC(=O)CC(NCc1ccccc1C)c1cccs1. The van der Waals surface area contributed by atoms with Gasteiger partial charge in [0.05, 0.1) is 19.6 Å². The fourth-order valence-corrected chi connectivity index (χ4v) is 2.86. The number of esters is 1. The van der Waals surface area contributed by atoms with Crippen molar-refractivity contribution in [3.63, 3.8) is 0 Å². The molecule has 1 heterocycles. The topological polar surface area (TPSA) is 38.3 Å². The molecule has 1 atom stereocenters. The van der Waals surface area contributed by atoms with Gasteiger partial charge >= 0.3 is 5.97 Å². The zero-order valence-electron chi connectivity index (χ0n) is 11.8. The van der Waals surface area contributed by atoms with E-state index in [1.807, 2.05) is 29.6 Å². The number of carbonyl (C=O) groups is 1. The molecule has 0 aliphatic heterocycles. The van der Waals surface area contributed by atoms with E-state index in [0.29, 0.717) is 6.42 Å². The predicted octanol–water partition coefficient (Wildman–Crippen LogP) is 3.45. The second-order valence-electron chi connectivity index (χ2n) is 4.66. The predicted molar refractivity (Wildman–Crippen MR) is 81.7 cm³/mol. The van der Waals surface area contributed by atoms with Crippen LogP contribution in [0.3, 0.4) is 0 Å². The fourth-order valence-electron chi connectivity index (χ4n) is 2.05. The van der Waals surface area contributed by atoms with Gasteiger partial charge in [-0.3, -0.25) is 4.79 Å². The summed E-state index contributed by atoms with van der Waals surface area (Å²) in [4.78, 5) is 12.7. The third-order valence-electron chi connectivity index (χ3n) is 3.29. The largest absolute Gasteiger partial charge is 0.469 e. The van der Waals surface area contributed by atoms with Crippen LogP contribution in [0.25, 0.3) is 0 Å². The van der Waals surface area contributed by atoms with Gasteiger partial charge in [-0.15, -0.1) is 11.3 Å². The lowest BCUT2D eigenvalue weighted by Gasteiger charge is -2.17. The first kappa shape index (κ1) is 14.8. The van der Waals surface area contributed by atoms with Crippen molar-refractivity contribution in [2.24, 2.45) is 0 Å². The van der Waals surface area contributed by atoms with Gasteiger partial charge in [0.25, 0.3) is 0 Å². The van der Waals surface area contributed by atoms with Gasteiger partial charge in [0.15, 0.2) is 0 Å². The number of carbonyl (C=O) groups excluding carboxylic acids is 1. The van der Waals surface area contributed by atoms with Crippen LogP contribution in [0.4, 0.5) is 0 Å². The van der Waals surface area contributed by atoms with E-state index >= 15 is 0 Å². The van der Waals surface area contributed by atoms with E-state index in [9.17, 15) is 4.79 Å². The smallest absolute Gasteiger partial charge is 0.307 e. The summed E-state index contributed by atoms with van der Waals surface area (Å²) >= 11 is 1.65. The Labute approximate surface area is 123 Å². The third-order valence-corrected chi connectivity index (χ3v) is 4.27. The molecule has 0 aliphatic rings. The molecule has 2 rings (SSSR count). The summed E-state index contributed by atoms with van der Waals surface area (Å²) in [6, 6.07) is 12.3. The van der Waals surface area contributed by atoms with Crippen molar-refractivity contribution in [1.29, 1.82) is 0 Å². The number of hydrogen-bond donors (Lipinski definition) is 1. The highest BCUT2D eigenvalue weighted by Crippen LogP contribution is 2.23. The van der Waals surface area contributed by atoms with Crippen LogP contribution in [0.1, 0.15) is 28.5 Å². The van der Waals surface area contributed by atoms with E-state index in [0.717, 1.165) is 11.4 Å². The first-order valence-corrected chi connectivity index (χ1v) is 7.46. The molecular formula is C16H19NO2S. The van der Waals surface area contributed by atoms with Gasteiger partial charge in [0, 0.05) is 11.4 Å². The van der Waals surface area contributed by atoms with E-state index in [2.05, 4.69) is 24.4 Å². The Morgan fingerprint density at radius 2 is 2.10 bits per heavy atom. The van der Waals surface area contributed by atoms with Crippen LogP contribution in [0.2, 0.25) is 0 Å². The minimum atomic E-state index is -0.194. The summed E-state index contributed by atoms with van der Waals surface area (Å²) in [7, 11) is 1.43. The molecule has 3 nitrogen and oxygen atoms in total. The first-order valence-electron chi connectivity index (χ1n) is 6.59. The molecule has 0 aliphatic carbocycles. The van der Waals surface area contributed by atoms with E-state index in [1.165, 1.54) is 18.2 Å². The van der Waals surface area contributed by atoms with E-state index in [1.54, 1.807) is 11.3 Å². The van der Waals surface area contributed by atoms with Crippen molar-refractivity contribution in [3.8, 4) is 0 Å². The van der Waals surface area contributed by atoms with E-state index in [4.69, 9.17) is 4.74 Å². The lowest BCUT2D eigenvalue weighted by atomic mass is 10.1. The Bertz CT molecular complexity index is 551. The van der Waals surface area contributed by atoms with Crippen molar-refractivity contribution in [3.05, 3.63) is 57.8 Å². The normalized spacial score (nSPS) is 12.1. The van der Waals surface area contributed by atoms with Crippen molar-refractivity contribution in [2.45, 2.75) is 25.9 Å². The maximum absolute atomic E-state index is 11.5. The molecule has 0 bridgehead atoms. The number of hydrogen-bond acceptors (Lipinski definition) is 4. The van der Waals surface area contributed by atoms with Gasteiger partial charge in [-0.25, -0.2) is 0 Å². The maximum atomic E-state index is 11.5. The molecule has 1 aromatic carbocycles. The van der Waals surface area contributed by atoms with Crippen LogP contribution >= 0.6 is 11.3 Å². The van der Waals surface area contributed by atoms with Gasteiger partial charge in [-0.05, 0) is 29.5 Å². The number of thiophene rings is 1. The van der Waals surface area contributed by atoms with Crippen molar-refractivity contribution < 1.29 is 9.53 Å². The van der Waals surface area contributed by atoms with Crippen LogP contribution in [-0.2, 0) is 16.1 Å². The van der Waals surface area contributed by atoms with Crippen LogP contribution < -0.4 is 5.32 Å². The molecule has 0 spiro atoms. The molecular weight excluding hydrogens is 270 g/mol. The second kappa shape index (κ2) is 7.22. The van der Waals surface area contributed by atoms with Crippen LogP contribution in [0.15, 0.2) is 41.8 Å². The Morgan fingerprint density at radius 1 is 1.30 bits per heavy atom. The summed E-state index contributed by atoms with van der Waals surface area (Å²) in [5.41, 5.74) is 2.50. The van der Waals surface area contributed by atoms with E-state index < -0.39 is 0 Å². The Balaban J connectivity index is 2.05. The molecule has 0 fully saturated rings. The zero-order valence-corrected chi connectivity index (χ0v) is 12.6. The van der Waals surface area contributed by atoms with Gasteiger partial charge < -0.3 is 10.1 Å². The zero-order chi connectivity index (χ0) is 14.4. The Hall–Kier alpha value is -1.65. The molecule has 0 saturated carbocycles. The molecule has 106 valence electrons. The second-order valence-corrected chi connectivity index (χ2v) is 5.63. The Morgan fingerprint density at radius 3 is 2.75 bits per heavy atom. The fraction of sp³-hybridized carbons (Fsp3) is 0.312. The molecule has 1 N–H and O–H groups in total. The summed E-state index contributed by atoms with van der Waals surface area (Å²) in [5.74, 6) is -0.194. The molecule has 0 radical (unpaired) electrons. The highest BCUT2D eigenvalue weighted by Gasteiger charge is 2.17. The maximum Gasteiger partial charge on any atom is 0.307 e. The van der Waals surface area contributed by atoms with E-state index in [-0.39, 0.29) is 12.0 Å². The highest BCUT2D eigenvalue weighted by atomic mass is 32.1. The lowest BCUT2D eigenvalue weighted by molar-refractivity contribution is -0.141. The molecule has 4 heteroatoms. The minimum absolute atomic E-state index is 0.00190.